The Balaban J connectivity index is 1.61. The second-order valence-electron chi connectivity index (χ2n) is 4.87. The number of nitrogens with one attached hydrogen (secondary N) is 1. The summed E-state index contributed by atoms with van der Waals surface area (Å²) in [4.78, 5) is 0. The van der Waals surface area contributed by atoms with Crippen LogP contribution in [0.5, 0.6) is 5.75 Å². The molecule has 1 aromatic carbocycles. The molecule has 4 heteroatoms. The van der Waals surface area contributed by atoms with Crippen LogP contribution in [0.3, 0.4) is 0 Å². The van der Waals surface area contributed by atoms with Crippen molar-refractivity contribution in [3.63, 3.8) is 0 Å². The summed E-state index contributed by atoms with van der Waals surface area (Å²) in [5, 5.41) is 17.2. The van der Waals surface area contributed by atoms with Gasteiger partial charge in [-0.3, -0.25) is 4.68 Å². The van der Waals surface area contributed by atoms with E-state index < -0.39 is 0 Å². The minimum Gasteiger partial charge on any atom is -0.508 e. The van der Waals surface area contributed by atoms with E-state index in [1.165, 1.54) is 18.4 Å². The third-order valence-corrected chi connectivity index (χ3v) is 3.11. The Kier molecular flexibility index (Phi) is 3.02. The maximum Gasteiger partial charge on any atom is 0.115 e. The molecular formula is C14H17N3O. The van der Waals surface area contributed by atoms with E-state index in [-0.39, 0.29) is 0 Å². The van der Waals surface area contributed by atoms with Crippen LogP contribution in [-0.4, -0.2) is 20.9 Å². The fourth-order valence-electron chi connectivity index (χ4n) is 1.98. The summed E-state index contributed by atoms with van der Waals surface area (Å²) in [6.07, 6.45) is 6.56. The second-order valence-corrected chi connectivity index (χ2v) is 4.87. The first-order valence-electron chi connectivity index (χ1n) is 6.32. The van der Waals surface area contributed by atoms with E-state index in [9.17, 15) is 5.11 Å². The predicted molar refractivity (Wildman–Crippen MR) is 69.3 cm³/mol. The van der Waals surface area contributed by atoms with Gasteiger partial charge in [0.25, 0.3) is 0 Å². The molecule has 1 aliphatic rings. The van der Waals surface area contributed by atoms with Crippen molar-refractivity contribution in [1.29, 1.82) is 0 Å². The van der Waals surface area contributed by atoms with E-state index in [4.69, 9.17) is 0 Å². The number of aromatic nitrogens is 2. The number of rotatable bonds is 5. The average molecular weight is 243 g/mol. The van der Waals surface area contributed by atoms with Crippen LogP contribution >= 0.6 is 0 Å². The highest BCUT2D eigenvalue weighted by Crippen LogP contribution is 2.19. The number of phenolic OH excluding ortho intramolecular Hbond substituents is 1. The first-order chi connectivity index (χ1) is 8.79. The van der Waals surface area contributed by atoms with Crippen LogP contribution in [0.25, 0.3) is 0 Å². The molecule has 0 aliphatic heterocycles. The monoisotopic (exact) mass is 243 g/mol. The van der Waals surface area contributed by atoms with E-state index >= 15 is 0 Å². The Bertz CT molecular complexity index is 531. The van der Waals surface area contributed by atoms with Gasteiger partial charge in [0.05, 0.1) is 12.7 Å². The molecule has 0 saturated heterocycles. The topological polar surface area (TPSA) is 50.1 Å². The fourth-order valence-corrected chi connectivity index (χ4v) is 1.98. The number of aromatic hydroxyl groups is 1. The van der Waals surface area contributed by atoms with Crippen molar-refractivity contribution >= 4 is 0 Å². The molecular weight excluding hydrogens is 226 g/mol. The van der Waals surface area contributed by atoms with Crippen molar-refractivity contribution in [3.8, 4) is 5.75 Å². The van der Waals surface area contributed by atoms with E-state index in [1.807, 2.05) is 23.0 Å². The highest BCUT2D eigenvalue weighted by atomic mass is 16.3. The van der Waals surface area contributed by atoms with Crippen LogP contribution in [-0.2, 0) is 13.1 Å². The molecule has 3 rings (SSSR count). The lowest BCUT2D eigenvalue weighted by molar-refractivity contribution is 0.474. The number of phenols is 1. The van der Waals surface area contributed by atoms with Gasteiger partial charge in [-0.25, -0.2) is 0 Å². The van der Waals surface area contributed by atoms with Gasteiger partial charge in [-0.1, -0.05) is 12.1 Å². The summed E-state index contributed by atoms with van der Waals surface area (Å²) in [6.45, 7) is 1.59. The molecule has 4 nitrogen and oxygen atoms in total. The Morgan fingerprint density at radius 2 is 2.22 bits per heavy atom. The maximum absolute atomic E-state index is 9.41. The molecule has 1 heterocycles. The number of benzene rings is 1. The summed E-state index contributed by atoms with van der Waals surface area (Å²) in [7, 11) is 0. The third kappa shape index (κ3) is 2.90. The maximum atomic E-state index is 9.41. The van der Waals surface area contributed by atoms with Crippen LogP contribution in [0.2, 0.25) is 0 Å². The molecule has 0 atom stereocenters. The van der Waals surface area contributed by atoms with Gasteiger partial charge in [0.15, 0.2) is 0 Å². The molecule has 2 aromatic rings. The standard InChI is InChI=1S/C14H17N3O/c18-14-3-1-2-11(6-14)9-17-10-12(8-16-17)7-15-13-4-5-13/h1-3,6,8,10,13,15,18H,4-5,7,9H2. The molecule has 0 radical (unpaired) electrons. The molecule has 1 aromatic heterocycles. The quantitative estimate of drug-likeness (QED) is 0.843. The van der Waals surface area contributed by atoms with Crippen molar-refractivity contribution in [3.05, 3.63) is 47.8 Å². The van der Waals surface area contributed by atoms with Crippen molar-refractivity contribution in [2.24, 2.45) is 0 Å². The molecule has 18 heavy (non-hydrogen) atoms. The molecule has 1 saturated carbocycles. The highest BCUT2D eigenvalue weighted by Gasteiger charge is 2.20. The Morgan fingerprint density at radius 3 is 3.00 bits per heavy atom. The second kappa shape index (κ2) is 4.82. The third-order valence-electron chi connectivity index (χ3n) is 3.11. The minimum absolute atomic E-state index is 0.301. The van der Waals surface area contributed by atoms with Crippen LogP contribution in [0, 0.1) is 0 Å². The first kappa shape index (κ1) is 11.3. The van der Waals surface area contributed by atoms with E-state index in [0.29, 0.717) is 12.3 Å². The number of hydrogen-bond acceptors (Lipinski definition) is 3. The zero-order valence-corrected chi connectivity index (χ0v) is 10.2. The molecule has 94 valence electrons. The van der Waals surface area contributed by atoms with Gasteiger partial charge in [0.1, 0.15) is 5.75 Å². The van der Waals surface area contributed by atoms with Crippen molar-refractivity contribution in [2.45, 2.75) is 32.0 Å². The molecule has 0 bridgehead atoms. The molecule has 0 amide bonds. The predicted octanol–water partition coefficient (Wildman–Crippen LogP) is 1.89. The summed E-state index contributed by atoms with van der Waals surface area (Å²) < 4.78 is 1.90. The van der Waals surface area contributed by atoms with Gasteiger partial charge in [-0.2, -0.15) is 5.10 Å². The smallest absolute Gasteiger partial charge is 0.115 e. The minimum atomic E-state index is 0.301. The van der Waals surface area contributed by atoms with Gasteiger partial charge in [0.2, 0.25) is 0 Å². The van der Waals surface area contributed by atoms with Gasteiger partial charge >= 0.3 is 0 Å². The zero-order valence-electron chi connectivity index (χ0n) is 10.2. The Labute approximate surface area is 106 Å². The summed E-state index contributed by atoms with van der Waals surface area (Å²) in [5.74, 6) is 0.301. The average Bonchev–Trinajstić information content (AvgIpc) is 3.08. The largest absolute Gasteiger partial charge is 0.508 e. The molecule has 2 N–H and O–H groups in total. The number of hydrogen-bond donors (Lipinski definition) is 2. The Hall–Kier alpha value is -1.81. The van der Waals surface area contributed by atoms with Crippen LogP contribution in [0.15, 0.2) is 36.7 Å². The van der Waals surface area contributed by atoms with Crippen LogP contribution in [0.1, 0.15) is 24.0 Å². The Morgan fingerprint density at radius 1 is 1.33 bits per heavy atom. The lowest BCUT2D eigenvalue weighted by atomic mass is 10.2. The van der Waals surface area contributed by atoms with Gasteiger partial charge in [-0.15, -0.1) is 0 Å². The first-order valence-corrected chi connectivity index (χ1v) is 6.32. The van der Waals surface area contributed by atoms with Gasteiger partial charge in [0, 0.05) is 24.3 Å². The van der Waals surface area contributed by atoms with Crippen molar-refractivity contribution < 1.29 is 5.11 Å². The fraction of sp³-hybridized carbons (Fsp3) is 0.357. The normalized spacial score (nSPS) is 14.9. The highest BCUT2D eigenvalue weighted by molar-refractivity contribution is 5.27. The molecule has 0 unspecified atom stereocenters. The summed E-state index contributed by atoms with van der Waals surface area (Å²) >= 11 is 0. The lowest BCUT2D eigenvalue weighted by Gasteiger charge is -2.02. The molecule has 1 fully saturated rings. The number of nitrogens with zero attached hydrogens (tertiary/aromatic N) is 2. The van der Waals surface area contributed by atoms with E-state index in [0.717, 1.165) is 18.2 Å². The van der Waals surface area contributed by atoms with Gasteiger partial charge < -0.3 is 10.4 Å². The van der Waals surface area contributed by atoms with Crippen LogP contribution in [0.4, 0.5) is 0 Å². The van der Waals surface area contributed by atoms with E-state index in [1.54, 1.807) is 12.1 Å². The lowest BCUT2D eigenvalue weighted by Crippen LogP contribution is -2.14. The van der Waals surface area contributed by atoms with E-state index in [2.05, 4.69) is 16.6 Å². The van der Waals surface area contributed by atoms with Crippen LogP contribution < -0.4 is 5.32 Å². The van der Waals surface area contributed by atoms with Crippen molar-refractivity contribution in [1.82, 2.24) is 15.1 Å². The SMILES string of the molecule is Oc1cccc(Cn2cc(CNC3CC3)cn2)c1. The van der Waals surface area contributed by atoms with Gasteiger partial charge in [-0.05, 0) is 30.5 Å². The summed E-state index contributed by atoms with van der Waals surface area (Å²) in [5.41, 5.74) is 2.27. The molecule has 0 spiro atoms. The zero-order chi connectivity index (χ0) is 12.4. The summed E-state index contributed by atoms with van der Waals surface area (Å²) in [6, 6.07) is 8.01. The van der Waals surface area contributed by atoms with Crippen molar-refractivity contribution in [2.75, 3.05) is 0 Å². The molecule has 1 aliphatic carbocycles.